The number of benzene rings is 1. The summed E-state index contributed by atoms with van der Waals surface area (Å²) in [6.07, 6.45) is 1.75. The molecule has 1 heterocycles. The fraction of sp³-hybridized carbons (Fsp3) is 0.389. The number of nitrogens with zero attached hydrogens (tertiary/aromatic N) is 2. The van der Waals surface area contributed by atoms with Gasteiger partial charge in [0.15, 0.2) is 6.61 Å². The van der Waals surface area contributed by atoms with Crippen LogP contribution in [0.5, 0.6) is 0 Å². The molecule has 0 saturated heterocycles. The average Bonchev–Trinajstić information content (AvgIpc) is 3.14. The van der Waals surface area contributed by atoms with E-state index in [2.05, 4.69) is 20.8 Å². The molecule has 0 aliphatic rings. The Balaban J connectivity index is 1.69. The number of rotatable bonds is 9. The molecular formula is C18H21FN4O5. The van der Waals surface area contributed by atoms with Gasteiger partial charge in [0.05, 0.1) is 6.42 Å². The lowest BCUT2D eigenvalue weighted by Crippen LogP contribution is -2.41. The molecule has 1 aromatic heterocycles. The second-order valence-corrected chi connectivity index (χ2v) is 5.84. The van der Waals surface area contributed by atoms with Crippen LogP contribution in [0.3, 0.4) is 0 Å². The lowest BCUT2D eigenvalue weighted by atomic mass is 10.2. The Morgan fingerprint density at radius 1 is 1.21 bits per heavy atom. The normalized spacial score (nSPS) is 10.4. The topological polar surface area (TPSA) is 123 Å². The van der Waals surface area contributed by atoms with E-state index < -0.39 is 24.5 Å². The molecule has 10 heteroatoms. The molecule has 0 radical (unpaired) electrons. The summed E-state index contributed by atoms with van der Waals surface area (Å²) in [5, 5.41) is 8.33. The summed E-state index contributed by atoms with van der Waals surface area (Å²) < 4.78 is 22.7. The summed E-state index contributed by atoms with van der Waals surface area (Å²) in [7, 11) is 0. The number of esters is 1. The Hall–Kier alpha value is -3.30. The van der Waals surface area contributed by atoms with E-state index in [1.54, 1.807) is 0 Å². The highest BCUT2D eigenvalue weighted by Gasteiger charge is 2.13. The second-order valence-electron chi connectivity index (χ2n) is 5.84. The van der Waals surface area contributed by atoms with Crippen LogP contribution < -0.4 is 10.6 Å². The molecule has 0 bridgehead atoms. The first kappa shape index (κ1) is 21.0. The lowest BCUT2D eigenvalue weighted by Gasteiger charge is -2.06. The molecule has 2 rings (SSSR count). The van der Waals surface area contributed by atoms with Crippen LogP contribution in [0.15, 0.2) is 28.8 Å². The molecular weight excluding hydrogens is 371 g/mol. The predicted octanol–water partition coefficient (Wildman–Crippen LogP) is 1.98. The third-order valence-electron chi connectivity index (χ3n) is 3.55. The van der Waals surface area contributed by atoms with Crippen LogP contribution >= 0.6 is 0 Å². The van der Waals surface area contributed by atoms with Gasteiger partial charge in [-0.1, -0.05) is 18.5 Å². The maximum atomic E-state index is 12.9. The quantitative estimate of drug-likeness (QED) is 0.494. The van der Waals surface area contributed by atoms with E-state index in [4.69, 9.17) is 9.26 Å². The smallest absolute Gasteiger partial charge is 0.321 e. The van der Waals surface area contributed by atoms with Crippen LogP contribution in [0.2, 0.25) is 0 Å². The van der Waals surface area contributed by atoms with Crippen LogP contribution in [0, 0.1) is 5.82 Å². The Kier molecular flexibility index (Phi) is 8.07. The van der Waals surface area contributed by atoms with E-state index in [1.165, 1.54) is 24.3 Å². The molecule has 0 saturated carbocycles. The van der Waals surface area contributed by atoms with Gasteiger partial charge in [-0.25, -0.2) is 9.18 Å². The number of aromatic nitrogens is 2. The van der Waals surface area contributed by atoms with Crippen LogP contribution in [0.4, 0.5) is 9.18 Å². The van der Waals surface area contributed by atoms with Crippen molar-refractivity contribution in [2.45, 2.75) is 32.6 Å². The number of ether oxygens (including phenoxy) is 1. The third kappa shape index (κ3) is 7.14. The largest absolute Gasteiger partial charge is 0.456 e. The van der Waals surface area contributed by atoms with Crippen LogP contribution in [-0.2, 0) is 20.7 Å². The fourth-order valence-electron chi connectivity index (χ4n) is 2.09. The monoisotopic (exact) mass is 392 g/mol. The van der Waals surface area contributed by atoms with Gasteiger partial charge in [-0.3, -0.25) is 14.9 Å². The first-order valence-corrected chi connectivity index (χ1v) is 8.79. The molecule has 0 unspecified atom stereocenters. The van der Waals surface area contributed by atoms with Crippen molar-refractivity contribution >= 4 is 17.9 Å². The highest BCUT2D eigenvalue weighted by atomic mass is 19.1. The first-order chi connectivity index (χ1) is 13.5. The predicted molar refractivity (Wildman–Crippen MR) is 95.4 cm³/mol. The van der Waals surface area contributed by atoms with Crippen LogP contribution in [0.1, 0.15) is 32.1 Å². The summed E-state index contributed by atoms with van der Waals surface area (Å²) in [5.74, 6) is -1.27. The zero-order chi connectivity index (χ0) is 20.4. The van der Waals surface area contributed by atoms with Gasteiger partial charge in [0.25, 0.3) is 5.91 Å². The number of halogens is 1. The SMILES string of the molecule is CCCCNC(=O)NC(=O)COC(=O)CCc1nc(-c2ccc(F)cc2)no1. The summed E-state index contributed by atoms with van der Waals surface area (Å²) in [5.41, 5.74) is 0.577. The zero-order valence-corrected chi connectivity index (χ0v) is 15.4. The van der Waals surface area contributed by atoms with Gasteiger partial charge >= 0.3 is 12.0 Å². The van der Waals surface area contributed by atoms with E-state index in [0.29, 0.717) is 12.1 Å². The van der Waals surface area contributed by atoms with Gasteiger partial charge in [-0.2, -0.15) is 4.98 Å². The second kappa shape index (κ2) is 10.8. The minimum absolute atomic E-state index is 0.0823. The Morgan fingerprint density at radius 2 is 1.96 bits per heavy atom. The number of hydrogen-bond acceptors (Lipinski definition) is 7. The standard InChI is InChI=1S/C18H21FN4O5/c1-2-3-10-20-18(26)21-14(24)11-27-16(25)9-8-15-22-17(23-28-15)12-4-6-13(19)7-5-12/h4-7H,2-3,8-11H2,1H3,(H2,20,21,24,26). The maximum Gasteiger partial charge on any atom is 0.321 e. The van der Waals surface area contributed by atoms with Crippen molar-refractivity contribution in [3.05, 3.63) is 36.0 Å². The number of nitrogens with one attached hydrogen (secondary N) is 2. The summed E-state index contributed by atoms with van der Waals surface area (Å²) in [6, 6.07) is 4.94. The number of unbranched alkanes of at least 4 members (excludes halogenated alkanes) is 1. The molecule has 0 fully saturated rings. The third-order valence-corrected chi connectivity index (χ3v) is 3.55. The zero-order valence-electron chi connectivity index (χ0n) is 15.4. The van der Waals surface area contributed by atoms with Gasteiger partial charge in [0, 0.05) is 18.5 Å². The fourth-order valence-corrected chi connectivity index (χ4v) is 2.09. The number of carbonyl (C=O) groups is 3. The summed E-state index contributed by atoms with van der Waals surface area (Å²) in [4.78, 5) is 38.7. The lowest BCUT2D eigenvalue weighted by molar-refractivity contribution is -0.148. The van der Waals surface area contributed by atoms with E-state index in [-0.39, 0.29) is 30.4 Å². The number of urea groups is 1. The van der Waals surface area contributed by atoms with Crippen LogP contribution in [0.25, 0.3) is 11.4 Å². The molecule has 0 atom stereocenters. The van der Waals surface area contributed by atoms with Crippen molar-refractivity contribution in [3.63, 3.8) is 0 Å². The van der Waals surface area contributed by atoms with Crippen molar-refractivity contribution in [1.29, 1.82) is 0 Å². The minimum Gasteiger partial charge on any atom is -0.456 e. The first-order valence-electron chi connectivity index (χ1n) is 8.79. The van der Waals surface area contributed by atoms with E-state index in [0.717, 1.165) is 12.8 Å². The van der Waals surface area contributed by atoms with Crippen molar-refractivity contribution in [2.24, 2.45) is 0 Å². The molecule has 9 nitrogen and oxygen atoms in total. The van der Waals surface area contributed by atoms with Crippen molar-refractivity contribution in [1.82, 2.24) is 20.8 Å². The molecule has 0 aliphatic carbocycles. The Bertz CT molecular complexity index is 807. The highest BCUT2D eigenvalue weighted by Crippen LogP contribution is 2.16. The Morgan fingerprint density at radius 3 is 2.68 bits per heavy atom. The van der Waals surface area contributed by atoms with E-state index in [1.807, 2.05) is 6.92 Å². The molecule has 1 aromatic carbocycles. The molecule has 3 amide bonds. The summed E-state index contributed by atoms with van der Waals surface area (Å²) in [6.45, 7) is 1.87. The van der Waals surface area contributed by atoms with Gasteiger partial charge in [0.1, 0.15) is 5.82 Å². The molecule has 2 N–H and O–H groups in total. The summed E-state index contributed by atoms with van der Waals surface area (Å²) >= 11 is 0. The van der Waals surface area contributed by atoms with Crippen molar-refractivity contribution in [3.8, 4) is 11.4 Å². The minimum atomic E-state index is -0.723. The molecule has 0 aliphatic heterocycles. The molecule has 2 aromatic rings. The Labute approximate surface area is 160 Å². The van der Waals surface area contributed by atoms with Crippen molar-refractivity contribution in [2.75, 3.05) is 13.2 Å². The molecule has 150 valence electrons. The van der Waals surface area contributed by atoms with Gasteiger partial charge in [-0.15, -0.1) is 0 Å². The maximum absolute atomic E-state index is 12.9. The van der Waals surface area contributed by atoms with Gasteiger partial charge < -0.3 is 14.6 Å². The number of imide groups is 1. The number of carbonyl (C=O) groups excluding carboxylic acids is 3. The van der Waals surface area contributed by atoms with Crippen molar-refractivity contribution < 1.29 is 28.0 Å². The molecule has 28 heavy (non-hydrogen) atoms. The average molecular weight is 392 g/mol. The highest BCUT2D eigenvalue weighted by molar-refractivity contribution is 5.95. The van der Waals surface area contributed by atoms with Gasteiger partial charge in [0.2, 0.25) is 11.7 Å². The van der Waals surface area contributed by atoms with E-state index >= 15 is 0 Å². The number of amides is 3. The number of hydrogen-bond donors (Lipinski definition) is 2. The van der Waals surface area contributed by atoms with Crippen LogP contribution in [-0.4, -0.2) is 41.2 Å². The number of aryl methyl sites for hydroxylation is 1. The van der Waals surface area contributed by atoms with Gasteiger partial charge in [-0.05, 0) is 30.7 Å². The van der Waals surface area contributed by atoms with E-state index in [9.17, 15) is 18.8 Å². The molecule has 0 spiro atoms.